The molecule has 0 saturated carbocycles. The predicted octanol–water partition coefficient (Wildman–Crippen LogP) is 2.69. The summed E-state index contributed by atoms with van der Waals surface area (Å²) < 4.78 is 0. The highest BCUT2D eigenvalue weighted by Gasteiger charge is 2.03. The minimum absolute atomic E-state index is 0.296. The van der Waals surface area contributed by atoms with E-state index in [4.69, 9.17) is 17.3 Å². The molecule has 2 rings (SSSR count). The van der Waals surface area contributed by atoms with Crippen molar-refractivity contribution >= 4 is 17.5 Å². The molecule has 0 spiro atoms. The Kier molecular flexibility index (Phi) is 2.56. The first-order chi connectivity index (χ1) is 7.16. The fraction of sp³-hybridized carbons (Fsp3) is 0.0909. The highest BCUT2D eigenvalue weighted by atomic mass is 35.5. The number of anilines is 1. The largest absolute Gasteiger partial charge is 0.368 e. The van der Waals surface area contributed by atoms with Crippen LogP contribution in [0.25, 0.3) is 11.1 Å². The Morgan fingerprint density at radius 1 is 1.20 bits per heavy atom. The molecule has 0 fully saturated rings. The van der Waals surface area contributed by atoms with Gasteiger partial charge in [-0.05, 0) is 24.6 Å². The number of halogens is 1. The van der Waals surface area contributed by atoms with Crippen LogP contribution in [0.15, 0.2) is 30.5 Å². The van der Waals surface area contributed by atoms with Gasteiger partial charge in [-0.3, -0.25) is 0 Å². The maximum absolute atomic E-state index is 5.81. The highest BCUT2D eigenvalue weighted by Crippen LogP contribution is 2.23. The van der Waals surface area contributed by atoms with Crippen molar-refractivity contribution in [3.63, 3.8) is 0 Å². The van der Waals surface area contributed by atoms with Gasteiger partial charge in [0.25, 0.3) is 0 Å². The van der Waals surface area contributed by atoms with E-state index in [9.17, 15) is 0 Å². The molecule has 1 aromatic carbocycles. The average Bonchev–Trinajstić information content (AvgIpc) is 2.20. The summed E-state index contributed by atoms with van der Waals surface area (Å²) >= 11 is 5.81. The van der Waals surface area contributed by atoms with Crippen molar-refractivity contribution in [1.29, 1.82) is 0 Å². The second kappa shape index (κ2) is 3.87. The number of hydrogen-bond acceptors (Lipinski definition) is 3. The molecule has 0 radical (unpaired) electrons. The number of nitrogens with zero attached hydrogens (tertiary/aromatic N) is 2. The Hall–Kier alpha value is -1.61. The van der Waals surface area contributed by atoms with E-state index in [2.05, 4.69) is 9.97 Å². The molecule has 1 heterocycles. The Bertz CT molecular complexity index is 480. The van der Waals surface area contributed by atoms with E-state index < -0.39 is 0 Å². The van der Waals surface area contributed by atoms with Crippen LogP contribution < -0.4 is 5.73 Å². The van der Waals surface area contributed by atoms with Crippen molar-refractivity contribution in [2.24, 2.45) is 0 Å². The molecule has 0 saturated heterocycles. The minimum Gasteiger partial charge on any atom is -0.368 e. The molecule has 4 heteroatoms. The standard InChI is InChI=1S/C11H10ClN3/c1-7-10(6-14-11(13)15-7)8-2-4-9(12)5-3-8/h2-6H,1H3,(H2,13,14,15). The molecule has 0 atom stereocenters. The quantitative estimate of drug-likeness (QED) is 0.802. The van der Waals surface area contributed by atoms with Gasteiger partial charge in [0.1, 0.15) is 0 Å². The summed E-state index contributed by atoms with van der Waals surface area (Å²) in [5.41, 5.74) is 8.36. The average molecular weight is 220 g/mol. The number of nitrogen functional groups attached to an aromatic ring is 1. The molecule has 0 bridgehead atoms. The lowest BCUT2D eigenvalue weighted by Crippen LogP contribution is -1.97. The van der Waals surface area contributed by atoms with Crippen molar-refractivity contribution in [2.75, 3.05) is 5.73 Å². The number of hydrogen-bond donors (Lipinski definition) is 1. The zero-order valence-corrected chi connectivity index (χ0v) is 8.99. The molecule has 0 aliphatic heterocycles. The number of rotatable bonds is 1. The zero-order valence-electron chi connectivity index (χ0n) is 8.24. The summed E-state index contributed by atoms with van der Waals surface area (Å²) in [5.74, 6) is 0.296. The topological polar surface area (TPSA) is 51.8 Å². The summed E-state index contributed by atoms with van der Waals surface area (Å²) in [6.07, 6.45) is 1.72. The first-order valence-electron chi connectivity index (χ1n) is 4.52. The Balaban J connectivity index is 2.49. The summed E-state index contributed by atoms with van der Waals surface area (Å²) in [4.78, 5) is 8.08. The van der Waals surface area contributed by atoms with E-state index in [1.54, 1.807) is 6.20 Å². The minimum atomic E-state index is 0.296. The Morgan fingerprint density at radius 3 is 2.47 bits per heavy atom. The van der Waals surface area contributed by atoms with E-state index in [0.29, 0.717) is 11.0 Å². The van der Waals surface area contributed by atoms with Gasteiger partial charge in [-0.2, -0.15) is 0 Å². The normalized spacial score (nSPS) is 10.3. The zero-order chi connectivity index (χ0) is 10.8. The third-order valence-electron chi connectivity index (χ3n) is 2.15. The van der Waals surface area contributed by atoms with Crippen LogP contribution >= 0.6 is 11.6 Å². The van der Waals surface area contributed by atoms with Crippen LogP contribution in [0.1, 0.15) is 5.69 Å². The number of aryl methyl sites for hydroxylation is 1. The fourth-order valence-corrected chi connectivity index (χ4v) is 1.52. The number of aromatic nitrogens is 2. The summed E-state index contributed by atoms with van der Waals surface area (Å²) in [6.45, 7) is 1.90. The van der Waals surface area contributed by atoms with E-state index in [0.717, 1.165) is 16.8 Å². The van der Waals surface area contributed by atoms with Gasteiger partial charge in [0.2, 0.25) is 5.95 Å². The summed E-state index contributed by atoms with van der Waals surface area (Å²) in [5, 5.41) is 0.716. The molecule has 0 unspecified atom stereocenters. The Labute approximate surface area is 92.9 Å². The van der Waals surface area contributed by atoms with Gasteiger partial charge in [0.15, 0.2) is 0 Å². The Morgan fingerprint density at radius 2 is 1.87 bits per heavy atom. The second-order valence-electron chi connectivity index (χ2n) is 3.23. The smallest absolute Gasteiger partial charge is 0.220 e. The van der Waals surface area contributed by atoms with Gasteiger partial charge in [-0.15, -0.1) is 0 Å². The molecule has 2 N–H and O–H groups in total. The van der Waals surface area contributed by atoms with Crippen molar-refractivity contribution in [2.45, 2.75) is 6.92 Å². The monoisotopic (exact) mass is 219 g/mol. The summed E-state index contributed by atoms with van der Waals surface area (Å²) in [7, 11) is 0. The van der Waals surface area contributed by atoms with Crippen LogP contribution in [-0.2, 0) is 0 Å². The van der Waals surface area contributed by atoms with Gasteiger partial charge in [-0.1, -0.05) is 23.7 Å². The van der Waals surface area contributed by atoms with Crippen LogP contribution in [0, 0.1) is 6.92 Å². The second-order valence-corrected chi connectivity index (χ2v) is 3.67. The summed E-state index contributed by atoms with van der Waals surface area (Å²) in [6, 6.07) is 7.55. The molecule has 0 aliphatic carbocycles. The van der Waals surface area contributed by atoms with Crippen LogP contribution in [0.5, 0.6) is 0 Å². The molecule has 2 aromatic rings. The fourth-order valence-electron chi connectivity index (χ4n) is 1.40. The SMILES string of the molecule is Cc1nc(N)ncc1-c1ccc(Cl)cc1. The van der Waals surface area contributed by atoms with E-state index in [-0.39, 0.29) is 0 Å². The predicted molar refractivity (Wildman–Crippen MR) is 61.6 cm³/mol. The third-order valence-corrected chi connectivity index (χ3v) is 2.41. The van der Waals surface area contributed by atoms with Crippen molar-refractivity contribution < 1.29 is 0 Å². The van der Waals surface area contributed by atoms with Crippen molar-refractivity contribution in [3.8, 4) is 11.1 Å². The van der Waals surface area contributed by atoms with E-state index in [1.807, 2.05) is 31.2 Å². The third kappa shape index (κ3) is 2.07. The number of nitrogens with two attached hydrogens (primary N) is 1. The van der Waals surface area contributed by atoms with Gasteiger partial charge >= 0.3 is 0 Å². The first-order valence-corrected chi connectivity index (χ1v) is 4.89. The highest BCUT2D eigenvalue weighted by molar-refractivity contribution is 6.30. The van der Waals surface area contributed by atoms with Crippen LogP contribution in [0.2, 0.25) is 5.02 Å². The molecule has 0 aliphatic rings. The first kappa shape index (κ1) is 9.93. The van der Waals surface area contributed by atoms with Gasteiger partial charge in [-0.25, -0.2) is 9.97 Å². The van der Waals surface area contributed by atoms with Gasteiger partial charge in [0, 0.05) is 16.8 Å². The number of benzene rings is 1. The van der Waals surface area contributed by atoms with Crippen LogP contribution in [-0.4, -0.2) is 9.97 Å². The molecular weight excluding hydrogens is 210 g/mol. The van der Waals surface area contributed by atoms with Gasteiger partial charge in [0.05, 0.1) is 5.69 Å². The molecule has 1 aromatic heterocycles. The van der Waals surface area contributed by atoms with E-state index in [1.165, 1.54) is 0 Å². The molecular formula is C11H10ClN3. The lowest BCUT2D eigenvalue weighted by atomic mass is 10.1. The molecule has 76 valence electrons. The lowest BCUT2D eigenvalue weighted by molar-refractivity contribution is 1.12. The maximum Gasteiger partial charge on any atom is 0.220 e. The van der Waals surface area contributed by atoms with Crippen molar-refractivity contribution in [3.05, 3.63) is 41.2 Å². The van der Waals surface area contributed by atoms with Gasteiger partial charge < -0.3 is 5.73 Å². The van der Waals surface area contributed by atoms with E-state index >= 15 is 0 Å². The maximum atomic E-state index is 5.81. The molecule has 15 heavy (non-hydrogen) atoms. The van der Waals surface area contributed by atoms with Crippen LogP contribution in [0.4, 0.5) is 5.95 Å². The molecule has 0 amide bonds. The lowest BCUT2D eigenvalue weighted by Gasteiger charge is -2.05. The molecule has 3 nitrogen and oxygen atoms in total. The van der Waals surface area contributed by atoms with Crippen molar-refractivity contribution in [1.82, 2.24) is 9.97 Å². The van der Waals surface area contributed by atoms with Crippen LogP contribution in [0.3, 0.4) is 0 Å².